The van der Waals surface area contributed by atoms with Crippen molar-refractivity contribution >= 4 is 17.0 Å². The summed E-state index contributed by atoms with van der Waals surface area (Å²) in [6.07, 6.45) is 2.26. The predicted octanol–water partition coefficient (Wildman–Crippen LogP) is 5.01. The van der Waals surface area contributed by atoms with Gasteiger partial charge in [-0.1, -0.05) is 30.3 Å². The molecule has 4 aromatic rings. The molecule has 34 heavy (non-hydrogen) atoms. The summed E-state index contributed by atoms with van der Waals surface area (Å²) in [7, 11) is 0. The van der Waals surface area contributed by atoms with Gasteiger partial charge in [0.05, 0.1) is 22.5 Å². The molecule has 8 heteroatoms. The van der Waals surface area contributed by atoms with Crippen LogP contribution in [0.15, 0.2) is 48.7 Å². The average Bonchev–Trinajstić information content (AvgIpc) is 2.72. The number of ether oxygens (including phenoxy) is 2. The van der Waals surface area contributed by atoms with E-state index >= 15 is 0 Å². The molecule has 1 aromatic carbocycles. The molecule has 0 fully saturated rings. The van der Waals surface area contributed by atoms with Crippen molar-refractivity contribution in [1.29, 1.82) is 0 Å². The molecule has 0 aliphatic carbocycles. The van der Waals surface area contributed by atoms with Gasteiger partial charge in [0.2, 0.25) is 11.8 Å². The average molecular weight is 459 g/mol. The first-order valence-corrected chi connectivity index (χ1v) is 11.2. The van der Waals surface area contributed by atoms with E-state index < -0.39 is 11.2 Å². The largest absolute Gasteiger partial charge is 0.471 e. The smallest absolute Gasteiger partial charge is 0.320 e. The first kappa shape index (κ1) is 23.4. The monoisotopic (exact) mass is 458 g/mol. The summed E-state index contributed by atoms with van der Waals surface area (Å²) in [5.74, 6) is 0.617. The van der Waals surface area contributed by atoms with Crippen LogP contribution in [0.4, 0.5) is 5.95 Å². The number of aromatic nitrogens is 5. The summed E-state index contributed by atoms with van der Waals surface area (Å²) in [6, 6.07) is 14.1. The lowest BCUT2D eigenvalue weighted by Gasteiger charge is -2.24. The highest BCUT2D eigenvalue weighted by Gasteiger charge is 2.22. The Morgan fingerprint density at radius 2 is 1.50 bits per heavy atom. The third kappa shape index (κ3) is 5.75. The van der Waals surface area contributed by atoms with Crippen molar-refractivity contribution in [2.75, 3.05) is 5.73 Å². The lowest BCUT2D eigenvalue weighted by molar-refractivity contribution is 0.103. The number of nitrogens with zero attached hydrogens (tertiary/aromatic N) is 5. The molecular formula is C26H30N6O2. The Bertz CT molecular complexity index is 1310. The van der Waals surface area contributed by atoms with Crippen LogP contribution in [0.5, 0.6) is 11.9 Å². The van der Waals surface area contributed by atoms with Crippen LogP contribution in [-0.2, 0) is 6.42 Å². The van der Waals surface area contributed by atoms with Gasteiger partial charge in [0, 0.05) is 12.6 Å². The summed E-state index contributed by atoms with van der Waals surface area (Å²) < 4.78 is 12.0. The lowest BCUT2D eigenvalue weighted by atomic mass is 10.1. The third-order valence-corrected chi connectivity index (χ3v) is 4.65. The number of fused-ring (bicyclic) bond motifs is 1. The number of hydrogen-bond acceptors (Lipinski definition) is 8. The van der Waals surface area contributed by atoms with Crippen molar-refractivity contribution in [2.45, 2.75) is 59.2 Å². The van der Waals surface area contributed by atoms with Crippen LogP contribution in [0.25, 0.3) is 22.3 Å². The lowest BCUT2D eigenvalue weighted by Crippen LogP contribution is -2.26. The second kappa shape index (κ2) is 8.85. The van der Waals surface area contributed by atoms with E-state index in [4.69, 9.17) is 20.2 Å². The molecule has 0 aliphatic rings. The summed E-state index contributed by atoms with van der Waals surface area (Å²) in [6.45, 7) is 11.7. The van der Waals surface area contributed by atoms with E-state index in [9.17, 15) is 0 Å². The van der Waals surface area contributed by atoms with Crippen molar-refractivity contribution in [3.63, 3.8) is 0 Å². The molecule has 2 N–H and O–H groups in total. The highest BCUT2D eigenvalue weighted by Crippen LogP contribution is 2.32. The Balaban J connectivity index is 1.82. The fourth-order valence-electron chi connectivity index (χ4n) is 3.37. The molecule has 0 aliphatic heterocycles. The first-order valence-electron chi connectivity index (χ1n) is 11.2. The second-order valence-corrected chi connectivity index (χ2v) is 10.1. The number of anilines is 1. The Labute approximate surface area is 199 Å². The maximum absolute atomic E-state index is 6.18. The van der Waals surface area contributed by atoms with Gasteiger partial charge in [-0.2, -0.15) is 4.98 Å². The molecule has 0 spiro atoms. The molecule has 0 atom stereocenters. The van der Waals surface area contributed by atoms with E-state index in [0.717, 1.165) is 11.3 Å². The topological polar surface area (TPSA) is 109 Å². The van der Waals surface area contributed by atoms with Gasteiger partial charge in [-0.15, -0.1) is 0 Å². The van der Waals surface area contributed by atoms with E-state index in [-0.39, 0.29) is 12.0 Å². The maximum Gasteiger partial charge on any atom is 0.320 e. The highest BCUT2D eigenvalue weighted by molar-refractivity contribution is 5.81. The Morgan fingerprint density at radius 3 is 2.18 bits per heavy atom. The zero-order valence-electron chi connectivity index (χ0n) is 20.5. The van der Waals surface area contributed by atoms with Crippen LogP contribution in [0.3, 0.4) is 0 Å². The number of benzene rings is 1. The maximum atomic E-state index is 6.18. The van der Waals surface area contributed by atoms with Crippen LogP contribution in [-0.4, -0.2) is 36.1 Å². The summed E-state index contributed by atoms with van der Waals surface area (Å²) >= 11 is 0. The van der Waals surface area contributed by atoms with Crippen LogP contribution in [0.2, 0.25) is 0 Å². The minimum atomic E-state index is -0.477. The molecule has 0 unspecified atom stereocenters. The number of nitrogen functional groups attached to an aromatic ring is 1. The van der Waals surface area contributed by atoms with Crippen molar-refractivity contribution in [3.8, 4) is 23.1 Å². The molecular weight excluding hydrogens is 428 g/mol. The van der Waals surface area contributed by atoms with Gasteiger partial charge in [0.15, 0.2) is 0 Å². The van der Waals surface area contributed by atoms with Crippen molar-refractivity contribution < 1.29 is 9.47 Å². The molecule has 0 radical (unpaired) electrons. The zero-order chi connectivity index (χ0) is 24.5. The number of nitrogens with two attached hydrogens (primary N) is 1. The third-order valence-electron chi connectivity index (χ3n) is 4.65. The van der Waals surface area contributed by atoms with Crippen LogP contribution in [0.1, 0.15) is 52.8 Å². The Morgan fingerprint density at radius 1 is 0.794 bits per heavy atom. The van der Waals surface area contributed by atoms with Crippen molar-refractivity contribution in [2.24, 2.45) is 0 Å². The standard InChI is InChI=1S/C26H30N6O2/c1-25(2,3)33-22-17(15-28-24(32-22)34-26(4,5)6)18-12-13-19-21(29-18)20(31-23(27)30-19)14-16-10-8-7-9-11-16/h7-13,15H,14H2,1-6H3,(H2,27,30,31). The van der Waals surface area contributed by atoms with Crippen LogP contribution >= 0.6 is 0 Å². The highest BCUT2D eigenvalue weighted by atomic mass is 16.5. The molecule has 8 nitrogen and oxygen atoms in total. The van der Waals surface area contributed by atoms with E-state index in [0.29, 0.717) is 34.6 Å². The quantitative estimate of drug-likeness (QED) is 0.444. The fourth-order valence-corrected chi connectivity index (χ4v) is 3.37. The van der Waals surface area contributed by atoms with Gasteiger partial charge in [-0.05, 0) is 59.2 Å². The van der Waals surface area contributed by atoms with E-state index in [2.05, 4.69) is 19.9 Å². The van der Waals surface area contributed by atoms with Crippen molar-refractivity contribution in [1.82, 2.24) is 24.9 Å². The molecule has 0 bridgehead atoms. The summed E-state index contributed by atoms with van der Waals surface area (Å²) in [5.41, 5.74) is 9.58. The van der Waals surface area contributed by atoms with Gasteiger partial charge in [0.25, 0.3) is 0 Å². The van der Waals surface area contributed by atoms with Crippen LogP contribution in [0, 0.1) is 0 Å². The summed E-state index contributed by atoms with van der Waals surface area (Å²) in [5, 5.41) is 0. The van der Waals surface area contributed by atoms with Gasteiger partial charge < -0.3 is 15.2 Å². The van der Waals surface area contributed by atoms with E-state index in [1.165, 1.54) is 0 Å². The van der Waals surface area contributed by atoms with Gasteiger partial charge in [0.1, 0.15) is 16.7 Å². The molecule has 0 saturated carbocycles. The zero-order valence-corrected chi connectivity index (χ0v) is 20.5. The van der Waals surface area contributed by atoms with Crippen molar-refractivity contribution in [3.05, 3.63) is 59.9 Å². The van der Waals surface area contributed by atoms with E-state index in [1.54, 1.807) is 6.20 Å². The molecule has 0 amide bonds. The molecule has 0 saturated heterocycles. The summed E-state index contributed by atoms with van der Waals surface area (Å²) in [4.78, 5) is 22.7. The fraction of sp³-hybridized carbons (Fsp3) is 0.346. The normalized spacial score (nSPS) is 12.1. The van der Waals surface area contributed by atoms with Crippen LogP contribution < -0.4 is 15.2 Å². The Kier molecular flexibility index (Phi) is 6.08. The Hall–Kier alpha value is -3.81. The minimum Gasteiger partial charge on any atom is -0.471 e. The number of hydrogen-bond donors (Lipinski definition) is 1. The van der Waals surface area contributed by atoms with Gasteiger partial charge in [-0.25, -0.2) is 19.9 Å². The number of rotatable bonds is 5. The predicted molar refractivity (Wildman–Crippen MR) is 133 cm³/mol. The molecule has 3 aromatic heterocycles. The molecule has 176 valence electrons. The molecule has 3 heterocycles. The second-order valence-electron chi connectivity index (χ2n) is 10.1. The minimum absolute atomic E-state index is 0.219. The molecule has 4 rings (SSSR count). The number of pyridine rings is 1. The van der Waals surface area contributed by atoms with Gasteiger partial charge in [-0.3, -0.25) is 0 Å². The van der Waals surface area contributed by atoms with E-state index in [1.807, 2.05) is 84.0 Å². The SMILES string of the molecule is CC(C)(C)Oc1ncc(-c2ccc3nc(N)nc(Cc4ccccc4)c3n2)c(OC(C)(C)C)n1. The van der Waals surface area contributed by atoms with Gasteiger partial charge >= 0.3 is 6.01 Å². The first-order chi connectivity index (χ1) is 16.0.